The van der Waals surface area contributed by atoms with E-state index >= 15 is 0 Å². The normalized spacial score (nSPS) is 17.8. The standard InChI is InChI=1S/C25H31N5OS/c26-23-22-19-9-5-2-6-10-20(19)32-25(22)29-21(28-23)16-30-13-11-18(12-14-30)24(31)27-15-17-7-3-1-4-8-17/h1,3-4,7-8,18H,2,5-6,9-16H2,(H,27,31)(H2,26,28,29). The van der Waals surface area contributed by atoms with Crippen molar-refractivity contribution >= 4 is 33.3 Å². The quantitative estimate of drug-likeness (QED) is 0.574. The molecule has 0 radical (unpaired) electrons. The zero-order valence-corrected chi connectivity index (χ0v) is 19.3. The predicted molar refractivity (Wildman–Crippen MR) is 129 cm³/mol. The molecule has 3 heterocycles. The van der Waals surface area contributed by atoms with Crippen LogP contribution in [0.2, 0.25) is 0 Å². The number of nitrogens with two attached hydrogens (primary N) is 1. The Morgan fingerprint density at radius 1 is 1.09 bits per heavy atom. The fourth-order valence-electron chi connectivity index (χ4n) is 4.96. The minimum Gasteiger partial charge on any atom is -0.383 e. The van der Waals surface area contributed by atoms with Crippen LogP contribution in [-0.4, -0.2) is 33.9 Å². The molecule has 1 aliphatic heterocycles. The second kappa shape index (κ2) is 9.55. The Morgan fingerprint density at radius 2 is 1.88 bits per heavy atom. The molecular formula is C25H31N5OS. The van der Waals surface area contributed by atoms with E-state index in [1.165, 1.54) is 29.7 Å². The van der Waals surface area contributed by atoms with Crippen LogP contribution in [-0.2, 0) is 30.7 Å². The second-order valence-corrected chi connectivity index (χ2v) is 10.1. The van der Waals surface area contributed by atoms with E-state index in [4.69, 9.17) is 10.7 Å². The molecule has 168 valence electrons. The van der Waals surface area contributed by atoms with Crippen molar-refractivity contribution in [2.24, 2.45) is 5.92 Å². The summed E-state index contributed by atoms with van der Waals surface area (Å²) in [6.07, 6.45) is 7.76. The van der Waals surface area contributed by atoms with Crippen LogP contribution in [0.25, 0.3) is 10.2 Å². The summed E-state index contributed by atoms with van der Waals surface area (Å²) in [4.78, 5) is 27.0. The number of hydrogen-bond acceptors (Lipinski definition) is 6. The van der Waals surface area contributed by atoms with Crippen molar-refractivity contribution in [1.29, 1.82) is 0 Å². The first-order valence-electron chi connectivity index (χ1n) is 11.8. The molecule has 0 spiro atoms. The molecule has 6 nitrogen and oxygen atoms in total. The number of amides is 1. The van der Waals surface area contributed by atoms with Crippen LogP contribution in [0.1, 0.15) is 53.9 Å². The van der Waals surface area contributed by atoms with Crippen molar-refractivity contribution in [3.05, 3.63) is 52.2 Å². The summed E-state index contributed by atoms with van der Waals surface area (Å²) in [6.45, 7) is 3.05. The molecule has 1 aromatic carbocycles. The number of nitrogen functional groups attached to an aromatic ring is 1. The molecule has 5 rings (SSSR count). The first-order chi connectivity index (χ1) is 15.7. The van der Waals surface area contributed by atoms with Gasteiger partial charge in [-0.25, -0.2) is 9.97 Å². The number of hydrogen-bond donors (Lipinski definition) is 2. The van der Waals surface area contributed by atoms with E-state index in [1.807, 2.05) is 41.7 Å². The predicted octanol–water partition coefficient (Wildman–Crippen LogP) is 4.07. The number of likely N-dealkylation sites (tertiary alicyclic amines) is 1. The van der Waals surface area contributed by atoms with Crippen LogP contribution < -0.4 is 11.1 Å². The molecule has 3 N–H and O–H groups in total. The third kappa shape index (κ3) is 4.64. The average Bonchev–Trinajstić information content (AvgIpc) is 3.00. The molecule has 0 bridgehead atoms. The van der Waals surface area contributed by atoms with Crippen molar-refractivity contribution in [2.45, 2.75) is 58.0 Å². The van der Waals surface area contributed by atoms with E-state index in [0.29, 0.717) is 18.9 Å². The summed E-state index contributed by atoms with van der Waals surface area (Å²) in [5.74, 6) is 1.69. The Balaban J connectivity index is 1.18. The first kappa shape index (κ1) is 21.3. The van der Waals surface area contributed by atoms with E-state index in [2.05, 4.69) is 15.2 Å². The van der Waals surface area contributed by atoms with Gasteiger partial charge in [-0.15, -0.1) is 11.3 Å². The van der Waals surface area contributed by atoms with Gasteiger partial charge in [0.25, 0.3) is 0 Å². The molecule has 0 unspecified atom stereocenters. The lowest BCUT2D eigenvalue weighted by Crippen LogP contribution is -2.40. The molecule has 3 aromatic rings. The summed E-state index contributed by atoms with van der Waals surface area (Å²) in [5, 5.41) is 4.19. The number of benzene rings is 1. The van der Waals surface area contributed by atoms with Gasteiger partial charge in [0.1, 0.15) is 16.5 Å². The molecule has 32 heavy (non-hydrogen) atoms. The number of thiophene rings is 1. The van der Waals surface area contributed by atoms with Crippen LogP contribution in [0.3, 0.4) is 0 Å². The topological polar surface area (TPSA) is 84.1 Å². The van der Waals surface area contributed by atoms with Crippen LogP contribution >= 0.6 is 11.3 Å². The van der Waals surface area contributed by atoms with Gasteiger partial charge in [0.2, 0.25) is 5.91 Å². The van der Waals surface area contributed by atoms with Crippen LogP contribution in [0.5, 0.6) is 0 Å². The van der Waals surface area contributed by atoms with Crippen LogP contribution in [0.4, 0.5) is 5.82 Å². The molecule has 1 fully saturated rings. The summed E-state index contributed by atoms with van der Waals surface area (Å²) >= 11 is 1.81. The highest BCUT2D eigenvalue weighted by Gasteiger charge is 2.26. The number of nitrogens with one attached hydrogen (secondary N) is 1. The average molecular weight is 450 g/mol. The van der Waals surface area contributed by atoms with Gasteiger partial charge in [0.05, 0.1) is 11.9 Å². The summed E-state index contributed by atoms with van der Waals surface area (Å²) < 4.78 is 0. The number of aryl methyl sites for hydroxylation is 2. The van der Waals surface area contributed by atoms with Gasteiger partial charge >= 0.3 is 0 Å². The Labute approximate surface area is 193 Å². The van der Waals surface area contributed by atoms with Crippen molar-refractivity contribution < 1.29 is 4.79 Å². The third-order valence-electron chi connectivity index (χ3n) is 6.77. The lowest BCUT2D eigenvalue weighted by molar-refractivity contribution is -0.126. The van der Waals surface area contributed by atoms with E-state index < -0.39 is 0 Å². The van der Waals surface area contributed by atoms with Crippen LogP contribution in [0, 0.1) is 5.92 Å². The maximum absolute atomic E-state index is 12.6. The Morgan fingerprint density at radius 3 is 2.69 bits per heavy atom. The monoisotopic (exact) mass is 449 g/mol. The lowest BCUT2D eigenvalue weighted by atomic mass is 9.96. The number of nitrogens with zero attached hydrogens (tertiary/aromatic N) is 3. The number of anilines is 1. The van der Waals surface area contributed by atoms with E-state index in [0.717, 1.165) is 60.4 Å². The Hall–Kier alpha value is -2.51. The molecule has 2 aliphatic rings. The number of fused-ring (bicyclic) bond motifs is 3. The fraction of sp³-hybridized carbons (Fsp3) is 0.480. The number of rotatable bonds is 5. The lowest BCUT2D eigenvalue weighted by Gasteiger charge is -2.30. The Bertz CT molecular complexity index is 1090. The van der Waals surface area contributed by atoms with Gasteiger partial charge < -0.3 is 11.1 Å². The Kier molecular flexibility index (Phi) is 6.37. The van der Waals surface area contributed by atoms with Gasteiger partial charge in [-0.3, -0.25) is 9.69 Å². The highest BCUT2D eigenvalue weighted by molar-refractivity contribution is 7.19. The van der Waals surface area contributed by atoms with Gasteiger partial charge in [-0.2, -0.15) is 0 Å². The molecule has 1 amide bonds. The maximum Gasteiger partial charge on any atom is 0.223 e. The molecule has 0 atom stereocenters. The SMILES string of the molecule is Nc1nc(CN2CCC(C(=O)NCc3ccccc3)CC2)nc2sc3c(c12)CCCCC3. The van der Waals surface area contributed by atoms with Gasteiger partial charge in [-0.1, -0.05) is 36.8 Å². The molecule has 1 saturated heterocycles. The summed E-state index contributed by atoms with van der Waals surface area (Å²) in [6, 6.07) is 10.1. The molecule has 1 aliphatic carbocycles. The maximum atomic E-state index is 12.6. The van der Waals surface area contributed by atoms with Crippen LogP contribution in [0.15, 0.2) is 30.3 Å². The molecule has 7 heteroatoms. The molecule has 2 aromatic heterocycles. The number of piperidine rings is 1. The van der Waals surface area contributed by atoms with Crippen molar-refractivity contribution in [3.8, 4) is 0 Å². The smallest absolute Gasteiger partial charge is 0.223 e. The van der Waals surface area contributed by atoms with E-state index in [9.17, 15) is 4.79 Å². The zero-order chi connectivity index (χ0) is 21.9. The van der Waals surface area contributed by atoms with E-state index in [1.54, 1.807) is 0 Å². The van der Waals surface area contributed by atoms with Gasteiger partial charge in [-0.05, 0) is 62.7 Å². The number of aromatic nitrogens is 2. The van der Waals surface area contributed by atoms with Crippen molar-refractivity contribution in [3.63, 3.8) is 0 Å². The molecular weight excluding hydrogens is 418 g/mol. The van der Waals surface area contributed by atoms with Gasteiger partial charge in [0.15, 0.2) is 0 Å². The second-order valence-electron chi connectivity index (χ2n) is 9.02. The van der Waals surface area contributed by atoms with E-state index in [-0.39, 0.29) is 11.8 Å². The summed E-state index contributed by atoms with van der Waals surface area (Å²) in [7, 11) is 0. The fourth-order valence-corrected chi connectivity index (χ4v) is 6.25. The largest absolute Gasteiger partial charge is 0.383 e. The number of carbonyl (C=O) groups is 1. The summed E-state index contributed by atoms with van der Waals surface area (Å²) in [5.41, 5.74) is 8.94. The highest BCUT2D eigenvalue weighted by Crippen LogP contribution is 2.37. The van der Waals surface area contributed by atoms with Crippen molar-refractivity contribution in [1.82, 2.24) is 20.2 Å². The highest BCUT2D eigenvalue weighted by atomic mass is 32.1. The van der Waals surface area contributed by atoms with Gasteiger partial charge in [0, 0.05) is 17.3 Å². The van der Waals surface area contributed by atoms with Crippen molar-refractivity contribution in [2.75, 3.05) is 18.8 Å². The molecule has 0 saturated carbocycles. The third-order valence-corrected chi connectivity index (χ3v) is 7.96. The number of carbonyl (C=O) groups excluding carboxylic acids is 1. The zero-order valence-electron chi connectivity index (χ0n) is 18.5. The minimum atomic E-state index is 0.0800. The first-order valence-corrected chi connectivity index (χ1v) is 12.6. The minimum absolute atomic E-state index is 0.0800.